The molecule has 2 heterocycles. The molecule has 2 aliphatic heterocycles. The van der Waals surface area contributed by atoms with Gasteiger partial charge in [0, 0.05) is 19.5 Å². The van der Waals surface area contributed by atoms with Gasteiger partial charge >= 0.3 is 6.03 Å². The van der Waals surface area contributed by atoms with Crippen LogP contribution in [-0.2, 0) is 14.3 Å². The Balaban J connectivity index is 1.36. The Bertz CT molecular complexity index is 585. The van der Waals surface area contributed by atoms with Crippen LogP contribution in [0.25, 0.3) is 0 Å². The van der Waals surface area contributed by atoms with Gasteiger partial charge in [-0.25, -0.2) is 4.79 Å². The van der Waals surface area contributed by atoms with Gasteiger partial charge in [0.05, 0.1) is 18.8 Å². The van der Waals surface area contributed by atoms with E-state index in [1.54, 1.807) is 0 Å². The Morgan fingerprint density at radius 2 is 1.88 bits per heavy atom. The van der Waals surface area contributed by atoms with E-state index in [1.807, 2.05) is 4.90 Å². The predicted molar refractivity (Wildman–Crippen MR) is 94.4 cm³/mol. The van der Waals surface area contributed by atoms with Gasteiger partial charge in [0.2, 0.25) is 5.91 Å². The van der Waals surface area contributed by atoms with Crippen molar-refractivity contribution in [3.8, 4) is 0 Å². The number of amides is 4. The summed E-state index contributed by atoms with van der Waals surface area (Å²) in [6.45, 7) is 1.38. The smallest absolute Gasteiger partial charge is 0.325 e. The highest BCUT2D eigenvalue weighted by Crippen LogP contribution is 2.34. The fraction of sp³-hybridized carbons (Fsp3) is 0.842. The van der Waals surface area contributed by atoms with Gasteiger partial charge in [-0.15, -0.1) is 0 Å². The van der Waals surface area contributed by atoms with Crippen molar-refractivity contribution in [3.63, 3.8) is 0 Å². The molecule has 7 nitrogen and oxygen atoms in total. The summed E-state index contributed by atoms with van der Waals surface area (Å²) in [6, 6.07) is -0.167. The summed E-state index contributed by atoms with van der Waals surface area (Å²) in [5.41, 5.74) is -0.703. The van der Waals surface area contributed by atoms with Crippen LogP contribution in [0.15, 0.2) is 0 Å². The third-order valence-electron chi connectivity index (χ3n) is 6.55. The molecule has 0 aromatic rings. The first-order valence-electron chi connectivity index (χ1n) is 10.2. The van der Waals surface area contributed by atoms with Crippen LogP contribution < -0.4 is 5.32 Å². The zero-order chi connectivity index (χ0) is 18.1. The summed E-state index contributed by atoms with van der Waals surface area (Å²) < 4.78 is 5.83. The average molecular weight is 363 g/mol. The minimum Gasteiger partial charge on any atom is -0.374 e. The molecule has 2 aliphatic carbocycles. The quantitative estimate of drug-likeness (QED) is 0.776. The number of urea groups is 1. The lowest BCUT2D eigenvalue weighted by Crippen LogP contribution is -2.55. The zero-order valence-corrected chi connectivity index (χ0v) is 15.4. The monoisotopic (exact) mass is 363 g/mol. The molecule has 144 valence electrons. The SMILES string of the molecule is O=C1NC2(CCCCC2)C(=O)N1CCC(=O)N1CCOC2CCCCC21. The average Bonchev–Trinajstić information content (AvgIpc) is 2.89. The maximum atomic E-state index is 12.8. The molecule has 4 aliphatic rings. The van der Waals surface area contributed by atoms with Crippen molar-refractivity contribution < 1.29 is 19.1 Å². The Kier molecular flexibility index (Phi) is 4.90. The summed E-state index contributed by atoms with van der Waals surface area (Å²) in [6.07, 6.45) is 9.14. The molecule has 2 saturated carbocycles. The number of morpholine rings is 1. The number of imide groups is 1. The molecule has 2 unspecified atom stereocenters. The second-order valence-corrected chi connectivity index (χ2v) is 8.13. The molecular formula is C19H29N3O4. The lowest BCUT2D eigenvalue weighted by Gasteiger charge is -2.44. The molecule has 2 atom stereocenters. The standard InChI is InChI=1S/C19H29N3O4/c23-16(21-12-13-26-15-7-3-2-6-14(15)21)8-11-22-17(24)19(20-18(22)25)9-4-1-5-10-19/h14-15H,1-13H2,(H,20,25). The number of fused-ring (bicyclic) bond motifs is 1. The summed E-state index contributed by atoms with van der Waals surface area (Å²) in [7, 11) is 0. The van der Waals surface area contributed by atoms with Gasteiger partial charge in [0.1, 0.15) is 5.54 Å². The summed E-state index contributed by atoms with van der Waals surface area (Å²) >= 11 is 0. The second kappa shape index (κ2) is 7.18. The van der Waals surface area contributed by atoms with Gasteiger partial charge in [-0.05, 0) is 25.7 Å². The van der Waals surface area contributed by atoms with E-state index in [4.69, 9.17) is 4.74 Å². The maximum absolute atomic E-state index is 12.8. The van der Waals surface area contributed by atoms with Crippen LogP contribution in [0.2, 0.25) is 0 Å². The van der Waals surface area contributed by atoms with E-state index in [0.29, 0.717) is 13.2 Å². The first-order chi connectivity index (χ1) is 12.6. The van der Waals surface area contributed by atoms with Crippen molar-refractivity contribution in [2.45, 2.75) is 81.9 Å². The minimum atomic E-state index is -0.703. The van der Waals surface area contributed by atoms with Crippen LogP contribution >= 0.6 is 0 Å². The number of ether oxygens (including phenoxy) is 1. The van der Waals surface area contributed by atoms with Gasteiger partial charge in [-0.1, -0.05) is 32.1 Å². The van der Waals surface area contributed by atoms with E-state index in [1.165, 1.54) is 4.90 Å². The molecule has 4 amide bonds. The number of hydrogen-bond acceptors (Lipinski definition) is 4. The Hall–Kier alpha value is -1.63. The highest BCUT2D eigenvalue weighted by Gasteiger charge is 2.51. The molecule has 4 rings (SSSR count). The van der Waals surface area contributed by atoms with Crippen LogP contribution in [0, 0.1) is 0 Å². The van der Waals surface area contributed by atoms with E-state index in [9.17, 15) is 14.4 Å². The molecule has 0 bridgehead atoms. The van der Waals surface area contributed by atoms with E-state index >= 15 is 0 Å². The molecular weight excluding hydrogens is 334 g/mol. The van der Waals surface area contributed by atoms with Gasteiger partial charge in [0.25, 0.3) is 5.91 Å². The Morgan fingerprint density at radius 3 is 2.69 bits per heavy atom. The van der Waals surface area contributed by atoms with Gasteiger partial charge in [-0.3, -0.25) is 14.5 Å². The van der Waals surface area contributed by atoms with E-state index in [2.05, 4.69) is 5.32 Å². The van der Waals surface area contributed by atoms with Gasteiger partial charge in [-0.2, -0.15) is 0 Å². The zero-order valence-electron chi connectivity index (χ0n) is 15.4. The summed E-state index contributed by atoms with van der Waals surface area (Å²) in [4.78, 5) is 41.1. The van der Waals surface area contributed by atoms with E-state index in [0.717, 1.165) is 57.8 Å². The van der Waals surface area contributed by atoms with Crippen molar-refractivity contribution in [3.05, 3.63) is 0 Å². The highest BCUT2D eigenvalue weighted by molar-refractivity contribution is 6.07. The van der Waals surface area contributed by atoms with E-state index in [-0.39, 0.29) is 43.0 Å². The lowest BCUT2D eigenvalue weighted by atomic mass is 9.82. The fourth-order valence-corrected chi connectivity index (χ4v) is 5.13. The molecule has 1 N–H and O–H groups in total. The maximum Gasteiger partial charge on any atom is 0.325 e. The number of rotatable bonds is 3. The topological polar surface area (TPSA) is 79.0 Å². The molecule has 4 fully saturated rings. The first kappa shape index (κ1) is 17.8. The lowest BCUT2D eigenvalue weighted by molar-refractivity contribution is -0.150. The van der Waals surface area contributed by atoms with Crippen molar-refractivity contribution in [1.29, 1.82) is 0 Å². The van der Waals surface area contributed by atoms with Crippen molar-refractivity contribution in [2.24, 2.45) is 0 Å². The Labute approximate surface area is 154 Å². The van der Waals surface area contributed by atoms with Crippen molar-refractivity contribution >= 4 is 17.8 Å². The summed E-state index contributed by atoms with van der Waals surface area (Å²) in [5.74, 6) is -0.0945. The number of carbonyl (C=O) groups is 3. The van der Waals surface area contributed by atoms with Gasteiger partial charge in [0.15, 0.2) is 0 Å². The molecule has 7 heteroatoms. The normalized spacial score (nSPS) is 31.1. The third-order valence-corrected chi connectivity index (χ3v) is 6.55. The van der Waals surface area contributed by atoms with Crippen LogP contribution in [0.5, 0.6) is 0 Å². The molecule has 26 heavy (non-hydrogen) atoms. The van der Waals surface area contributed by atoms with Crippen LogP contribution in [0.4, 0.5) is 4.79 Å². The van der Waals surface area contributed by atoms with Gasteiger partial charge < -0.3 is 15.0 Å². The molecule has 1 spiro atoms. The highest BCUT2D eigenvalue weighted by atomic mass is 16.5. The molecule has 2 saturated heterocycles. The third kappa shape index (κ3) is 3.10. The summed E-state index contributed by atoms with van der Waals surface area (Å²) in [5, 5.41) is 2.91. The molecule has 0 radical (unpaired) electrons. The number of nitrogens with zero attached hydrogens (tertiary/aromatic N) is 2. The second-order valence-electron chi connectivity index (χ2n) is 8.13. The van der Waals surface area contributed by atoms with Crippen molar-refractivity contribution in [1.82, 2.24) is 15.1 Å². The molecule has 0 aromatic carbocycles. The Morgan fingerprint density at radius 1 is 1.12 bits per heavy atom. The predicted octanol–water partition coefficient (Wildman–Crippen LogP) is 1.80. The number of hydrogen-bond donors (Lipinski definition) is 1. The van der Waals surface area contributed by atoms with Crippen LogP contribution in [-0.4, -0.2) is 65.0 Å². The number of carbonyl (C=O) groups excluding carboxylic acids is 3. The molecule has 0 aromatic heterocycles. The largest absolute Gasteiger partial charge is 0.374 e. The van der Waals surface area contributed by atoms with Crippen LogP contribution in [0.1, 0.15) is 64.2 Å². The van der Waals surface area contributed by atoms with Crippen LogP contribution in [0.3, 0.4) is 0 Å². The first-order valence-corrected chi connectivity index (χ1v) is 10.2. The minimum absolute atomic E-state index is 0.0374. The fourth-order valence-electron chi connectivity index (χ4n) is 5.13. The number of nitrogens with one attached hydrogen (secondary N) is 1. The van der Waals surface area contributed by atoms with Crippen molar-refractivity contribution in [2.75, 3.05) is 19.7 Å². The van der Waals surface area contributed by atoms with E-state index < -0.39 is 5.54 Å².